The number of hydrazone groups is 1. The van der Waals surface area contributed by atoms with Crippen LogP contribution in [0.1, 0.15) is 43.4 Å². The van der Waals surface area contributed by atoms with Crippen LogP contribution in [0.5, 0.6) is 17.2 Å². The predicted octanol–water partition coefficient (Wildman–Crippen LogP) is 4.05. The van der Waals surface area contributed by atoms with E-state index in [4.69, 9.17) is 14.2 Å². The molecule has 0 radical (unpaired) electrons. The molecule has 0 bridgehead atoms. The molecule has 2 rings (SSSR count). The molecule has 0 unspecified atom stereocenters. The molecular weight excluding hydrogens is 356 g/mol. The second-order valence-electron chi connectivity index (χ2n) is 6.60. The van der Waals surface area contributed by atoms with Crippen molar-refractivity contribution in [1.29, 1.82) is 0 Å². The molecule has 0 saturated heterocycles. The van der Waals surface area contributed by atoms with Crippen LogP contribution >= 0.6 is 0 Å². The fourth-order valence-corrected chi connectivity index (χ4v) is 2.52. The van der Waals surface area contributed by atoms with E-state index in [2.05, 4.69) is 30.4 Å². The number of ether oxygens (including phenoxy) is 3. The molecule has 2 aromatic rings. The van der Waals surface area contributed by atoms with Crippen molar-refractivity contribution in [1.82, 2.24) is 5.43 Å². The maximum Gasteiger partial charge on any atom is 0.277 e. The maximum absolute atomic E-state index is 12.1. The fraction of sp³-hybridized carbons (Fsp3) is 0.364. The summed E-state index contributed by atoms with van der Waals surface area (Å²) in [6.07, 6.45) is 1.52. The van der Waals surface area contributed by atoms with E-state index in [1.807, 2.05) is 32.0 Å². The second kappa shape index (κ2) is 10.3. The van der Waals surface area contributed by atoms with E-state index >= 15 is 0 Å². The number of benzene rings is 2. The molecule has 28 heavy (non-hydrogen) atoms. The lowest BCUT2D eigenvalue weighted by Crippen LogP contribution is -2.24. The Kier molecular flexibility index (Phi) is 7.87. The quantitative estimate of drug-likeness (QED) is 0.523. The summed E-state index contributed by atoms with van der Waals surface area (Å²) >= 11 is 0. The van der Waals surface area contributed by atoms with Gasteiger partial charge in [0.05, 0.1) is 19.9 Å². The Morgan fingerprint density at radius 3 is 2.61 bits per heavy atom. The summed E-state index contributed by atoms with van der Waals surface area (Å²) in [5, 5.41) is 4.00. The van der Waals surface area contributed by atoms with Crippen molar-refractivity contribution < 1.29 is 19.0 Å². The number of aryl methyl sites for hydroxylation is 1. The summed E-state index contributed by atoms with van der Waals surface area (Å²) in [7, 11) is 1.59. The SMILES string of the molecule is CCOc1ccc(OC)cc1/C=N\NC(=O)COc1cc(C(C)C)ccc1C. The van der Waals surface area contributed by atoms with Gasteiger partial charge in [0.25, 0.3) is 5.91 Å². The minimum absolute atomic E-state index is 0.115. The molecule has 1 amide bonds. The highest BCUT2D eigenvalue weighted by Crippen LogP contribution is 2.24. The first-order chi connectivity index (χ1) is 13.4. The third-order valence-electron chi connectivity index (χ3n) is 4.15. The van der Waals surface area contributed by atoms with Gasteiger partial charge in [-0.05, 0) is 55.2 Å². The van der Waals surface area contributed by atoms with Crippen LogP contribution in [-0.4, -0.2) is 32.4 Å². The van der Waals surface area contributed by atoms with Gasteiger partial charge >= 0.3 is 0 Å². The first-order valence-electron chi connectivity index (χ1n) is 9.30. The highest BCUT2D eigenvalue weighted by molar-refractivity contribution is 5.86. The van der Waals surface area contributed by atoms with Crippen molar-refractivity contribution >= 4 is 12.1 Å². The second-order valence-corrected chi connectivity index (χ2v) is 6.60. The van der Waals surface area contributed by atoms with Crippen molar-refractivity contribution in [3.8, 4) is 17.2 Å². The molecule has 0 saturated carbocycles. The topological polar surface area (TPSA) is 69.2 Å². The summed E-state index contributed by atoms with van der Waals surface area (Å²) in [5.41, 5.74) is 5.34. The Hall–Kier alpha value is -3.02. The molecule has 0 aliphatic rings. The van der Waals surface area contributed by atoms with Gasteiger partial charge in [-0.15, -0.1) is 0 Å². The van der Waals surface area contributed by atoms with E-state index in [0.29, 0.717) is 35.3 Å². The number of carbonyl (C=O) groups excluding carboxylic acids is 1. The molecule has 0 aliphatic heterocycles. The van der Waals surface area contributed by atoms with Crippen LogP contribution < -0.4 is 19.6 Å². The standard InChI is InChI=1S/C22H28N2O4/c1-6-27-20-10-9-19(26-5)11-18(20)13-23-24-22(25)14-28-21-12-17(15(2)3)8-7-16(21)4/h7-13,15H,6,14H2,1-5H3,(H,24,25)/b23-13-. The van der Waals surface area contributed by atoms with Crippen LogP contribution in [0.2, 0.25) is 0 Å². The number of amides is 1. The number of carbonyl (C=O) groups is 1. The Morgan fingerprint density at radius 1 is 1.14 bits per heavy atom. The van der Waals surface area contributed by atoms with Crippen LogP contribution in [-0.2, 0) is 4.79 Å². The van der Waals surface area contributed by atoms with E-state index in [-0.39, 0.29) is 12.5 Å². The summed E-state index contributed by atoms with van der Waals surface area (Å²) in [6.45, 7) is 8.50. The molecule has 0 aliphatic carbocycles. The molecule has 0 fully saturated rings. The Labute approximate surface area is 166 Å². The monoisotopic (exact) mass is 384 g/mol. The fourth-order valence-electron chi connectivity index (χ4n) is 2.52. The average molecular weight is 384 g/mol. The Morgan fingerprint density at radius 2 is 1.93 bits per heavy atom. The molecule has 6 heteroatoms. The zero-order valence-electron chi connectivity index (χ0n) is 17.1. The van der Waals surface area contributed by atoms with Crippen LogP contribution in [0.3, 0.4) is 0 Å². The minimum Gasteiger partial charge on any atom is -0.497 e. The van der Waals surface area contributed by atoms with Crippen LogP contribution in [0.25, 0.3) is 0 Å². The van der Waals surface area contributed by atoms with E-state index in [1.165, 1.54) is 11.8 Å². The van der Waals surface area contributed by atoms with Crippen molar-refractivity contribution in [3.63, 3.8) is 0 Å². The molecular formula is C22H28N2O4. The lowest BCUT2D eigenvalue weighted by molar-refractivity contribution is -0.123. The third-order valence-corrected chi connectivity index (χ3v) is 4.15. The van der Waals surface area contributed by atoms with Gasteiger partial charge < -0.3 is 14.2 Å². The third kappa shape index (κ3) is 6.01. The largest absolute Gasteiger partial charge is 0.497 e. The molecule has 0 spiro atoms. The number of nitrogens with zero attached hydrogens (tertiary/aromatic N) is 1. The number of methoxy groups -OCH3 is 1. The van der Waals surface area contributed by atoms with Gasteiger partial charge in [-0.2, -0.15) is 5.10 Å². The van der Waals surface area contributed by atoms with Gasteiger partial charge in [0.1, 0.15) is 17.2 Å². The highest BCUT2D eigenvalue weighted by Gasteiger charge is 2.08. The minimum atomic E-state index is -0.341. The van der Waals surface area contributed by atoms with Crippen molar-refractivity contribution in [2.75, 3.05) is 20.3 Å². The number of nitrogens with one attached hydrogen (secondary N) is 1. The van der Waals surface area contributed by atoms with Crippen molar-refractivity contribution in [3.05, 3.63) is 53.1 Å². The van der Waals surface area contributed by atoms with Gasteiger partial charge in [0.2, 0.25) is 0 Å². The summed E-state index contributed by atoms with van der Waals surface area (Å²) in [6, 6.07) is 11.4. The lowest BCUT2D eigenvalue weighted by Gasteiger charge is -2.12. The van der Waals surface area contributed by atoms with Gasteiger partial charge in [0, 0.05) is 5.56 Å². The van der Waals surface area contributed by atoms with Gasteiger partial charge in [-0.25, -0.2) is 5.43 Å². The summed E-state index contributed by atoms with van der Waals surface area (Å²) in [5.74, 6) is 2.10. The Balaban J connectivity index is 1.97. The molecule has 6 nitrogen and oxygen atoms in total. The molecule has 0 aromatic heterocycles. The lowest BCUT2D eigenvalue weighted by atomic mass is 10.0. The van der Waals surface area contributed by atoms with Gasteiger partial charge in [0.15, 0.2) is 6.61 Å². The first-order valence-corrected chi connectivity index (χ1v) is 9.30. The summed E-state index contributed by atoms with van der Waals surface area (Å²) < 4.78 is 16.4. The average Bonchev–Trinajstić information content (AvgIpc) is 2.68. The van der Waals surface area contributed by atoms with E-state index < -0.39 is 0 Å². The van der Waals surface area contributed by atoms with Gasteiger partial charge in [-0.1, -0.05) is 26.0 Å². The van der Waals surface area contributed by atoms with Crippen LogP contribution in [0, 0.1) is 6.92 Å². The molecule has 150 valence electrons. The number of hydrogen-bond donors (Lipinski definition) is 1. The van der Waals surface area contributed by atoms with Crippen molar-refractivity contribution in [2.24, 2.45) is 5.10 Å². The Bertz CT molecular complexity index is 831. The zero-order chi connectivity index (χ0) is 20.5. The molecule has 0 heterocycles. The molecule has 1 N–H and O–H groups in total. The van der Waals surface area contributed by atoms with E-state index in [0.717, 1.165) is 5.56 Å². The van der Waals surface area contributed by atoms with Crippen LogP contribution in [0.4, 0.5) is 0 Å². The zero-order valence-corrected chi connectivity index (χ0v) is 17.1. The summed E-state index contributed by atoms with van der Waals surface area (Å²) in [4.78, 5) is 12.1. The van der Waals surface area contributed by atoms with Gasteiger partial charge in [-0.3, -0.25) is 4.79 Å². The number of rotatable bonds is 9. The van der Waals surface area contributed by atoms with E-state index in [9.17, 15) is 4.79 Å². The molecule has 2 aromatic carbocycles. The number of hydrogen-bond acceptors (Lipinski definition) is 5. The highest BCUT2D eigenvalue weighted by atomic mass is 16.5. The first kappa shape index (κ1) is 21.3. The van der Waals surface area contributed by atoms with Crippen LogP contribution in [0.15, 0.2) is 41.5 Å². The van der Waals surface area contributed by atoms with E-state index in [1.54, 1.807) is 19.2 Å². The van der Waals surface area contributed by atoms with Crippen molar-refractivity contribution in [2.45, 2.75) is 33.6 Å². The normalized spacial score (nSPS) is 10.9. The maximum atomic E-state index is 12.1. The smallest absolute Gasteiger partial charge is 0.277 e. The predicted molar refractivity (Wildman–Crippen MR) is 111 cm³/mol. The molecule has 0 atom stereocenters.